The van der Waals surface area contributed by atoms with Crippen molar-refractivity contribution in [3.05, 3.63) is 29.8 Å². The zero-order valence-corrected chi connectivity index (χ0v) is 16.5. The highest BCUT2D eigenvalue weighted by atomic mass is 32.2. The number of nitrogens with one attached hydrogen (secondary N) is 2. The molecule has 6 heteroatoms. The molecule has 1 atom stereocenters. The van der Waals surface area contributed by atoms with Gasteiger partial charge in [0.15, 0.2) is 0 Å². The highest BCUT2D eigenvalue weighted by Crippen LogP contribution is 2.12. The first kappa shape index (κ1) is 21.6. The minimum absolute atomic E-state index is 0.0762. The molecule has 2 N–H and O–H groups in total. The van der Waals surface area contributed by atoms with Crippen molar-refractivity contribution in [2.24, 2.45) is 0 Å². The number of benzene rings is 1. The molecule has 0 spiro atoms. The number of carbonyl (C=O) groups is 1. The van der Waals surface area contributed by atoms with Crippen molar-refractivity contribution >= 4 is 15.9 Å². The van der Waals surface area contributed by atoms with Gasteiger partial charge >= 0.3 is 0 Å². The Morgan fingerprint density at radius 1 is 1.08 bits per heavy atom. The summed E-state index contributed by atoms with van der Waals surface area (Å²) in [5, 5.41) is 2.95. The van der Waals surface area contributed by atoms with Crippen LogP contribution in [0.2, 0.25) is 0 Å². The fraction of sp³-hybridized carbons (Fsp3) is 0.632. The van der Waals surface area contributed by atoms with Crippen LogP contribution in [-0.4, -0.2) is 26.9 Å². The lowest BCUT2D eigenvalue weighted by molar-refractivity contribution is 0.0937. The smallest absolute Gasteiger partial charge is 0.251 e. The molecule has 0 fully saturated rings. The number of unbranched alkanes of at least 4 members (excludes halogenated alkanes) is 4. The molecule has 0 aliphatic carbocycles. The molecule has 1 amide bonds. The topological polar surface area (TPSA) is 75.3 Å². The van der Waals surface area contributed by atoms with Crippen LogP contribution < -0.4 is 10.0 Å². The summed E-state index contributed by atoms with van der Waals surface area (Å²) in [6.45, 7) is 6.56. The molecule has 25 heavy (non-hydrogen) atoms. The van der Waals surface area contributed by atoms with Crippen LogP contribution in [0.15, 0.2) is 29.2 Å². The SMILES string of the molecule is CCCCCCC(C)NC(=O)c1cccc(S(=O)(=O)NCCCC)c1. The quantitative estimate of drug-likeness (QED) is 0.550. The van der Waals surface area contributed by atoms with Crippen LogP contribution >= 0.6 is 0 Å². The average Bonchev–Trinajstić information content (AvgIpc) is 2.59. The Balaban J connectivity index is 2.65. The largest absolute Gasteiger partial charge is 0.350 e. The van der Waals surface area contributed by atoms with Crippen molar-refractivity contribution in [3.63, 3.8) is 0 Å². The predicted octanol–water partition coefficient (Wildman–Crippen LogP) is 3.85. The molecule has 5 nitrogen and oxygen atoms in total. The Bertz CT molecular complexity index is 629. The molecular weight excluding hydrogens is 336 g/mol. The van der Waals surface area contributed by atoms with Gasteiger partial charge in [0.1, 0.15) is 0 Å². The van der Waals surface area contributed by atoms with Crippen molar-refractivity contribution in [2.45, 2.75) is 76.7 Å². The molecule has 1 unspecified atom stereocenters. The van der Waals surface area contributed by atoms with Gasteiger partial charge in [0, 0.05) is 18.2 Å². The third-order valence-corrected chi connectivity index (χ3v) is 5.56. The Hall–Kier alpha value is -1.40. The van der Waals surface area contributed by atoms with E-state index >= 15 is 0 Å². The molecule has 0 saturated heterocycles. The van der Waals surface area contributed by atoms with Crippen LogP contribution in [-0.2, 0) is 10.0 Å². The third-order valence-electron chi connectivity index (χ3n) is 4.10. The van der Waals surface area contributed by atoms with Crippen molar-refractivity contribution in [1.82, 2.24) is 10.0 Å². The Kier molecular flexibility index (Phi) is 9.75. The number of rotatable bonds is 12. The van der Waals surface area contributed by atoms with Crippen molar-refractivity contribution < 1.29 is 13.2 Å². The highest BCUT2D eigenvalue weighted by molar-refractivity contribution is 7.89. The number of hydrogen-bond acceptors (Lipinski definition) is 3. The summed E-state index contributed by atoms with van der Waals surface area (Å²) in [4.78, 5) is 12.5. The standard InChI is InChI=1S/C19H32N2O3S/c1-4-6-8-9-11-16(3)21-19(22)17-12-10-13-18(15-17)25(23,24)20-14-7-5-2/h10,12-13,15-16,20H,4-9,11,14H2,1-3H3,(H,21,22). The second-order valence-electron chi connectivity index (χ2n) is 6.50. The maximum Gasteiger partial charge on any atom is 0.251 e. The van der Waals surface area contributed by atoms with Gasteiger partial charge in [-0.1, -0.05) is 52.0 Å². The molecule has 0 bridgehead atoms. The van der Waals surface area contributed by atoms with Crippen LogP contribution in [0.4, 0.5) is 0 Å². The molecule has 1 aromatic carbocycles. The maximum atomic E-state index is 12.4. The van der Waals surface area contributed by atoms with E-state index in [1.54, 1.807) is 12.1 Å². The van der Waals surface area contributed by atoms with Crippen LogP contribution in [0.5, 0.6) is 0 Å². The molecule has 0 saturated carbocycles. The van der Waals surface area contributed by atoms with Crippen LogP contribution in [0.25, 0.3) is 0 Å². The van der Waals surface area contributed by atoms with Gasteiger partial charge in [0.05, 0.1) is 4.90 Å². The van der Waals surface area contributed by atoms with E-state index in [0.717, 1.165) is 25.7 Å². The fourth-order valence-electron chi connectivity index (χ4n) is 2.53. The molecule has 1 rings (SSSR count). The van der Waals surface area contributed by atoms with E-state index in [1.807, 2.05) is 13.8 Å². The summed E-state index contributed by atoms with van der Waals surface area (Å²) in [6.07, 6.45) is 7.30. The summed E-state index contributed by atoms with van der Waals surface area (Å²) in [5.41, 5.74) is 0.374. The average molecular weight is 369 g/mol. The normalized spacial score (nSPS) is 12.8. The summed E-state index contributed by atoms with van der Waals surface area (Å²) in [5.74, 6) is -0.228. The van der Waals surface area contributed by atoms with Crippen molar-refractivity contribution in [3.8, 4) is 0 Å². The Morgan fingerprint density at radius 3 is 2.48 bits per heavy atom. The van der Waals surface area contributed by atoms with Crippen molar-refractivity contribution in [2.75, 3.05) is 6.54 Å². The van der Waals surface area contributed by atoms with E-state index in [9.17, 15) is 13.2 Å². The Labute approximate surface area is 152 Å². The van der Waals surface area contributed by atoms with Crippen LogP contribution in [0.3, 0.4) is 0 Å². The zero-order chi connectivity index (χ0) is 18.7. The maximum absolute atomic E-state index is 12.4. The first-order valence-electron chi connectivity index (χ1n) is 9.31. The van der Waals surface area contributed by atoms with Gasteiger partial charge in [-0.25, -0.2) is 13.1 Å². The van der Waals surface area contributed by atoms with Gasteiger partial charge in [-0.05, 0) is 38.0 Å². The minimum atomic E-state index is -3.57. The van der Waals surface area contributed by atoms with Crippen LogP contribution in [0.1, 0.15) is 76.1 Å². The molecule has 1 aromatic rings. The van der Waals surface area contributed by atoms with Gasteiger partial charge in [-0.3, -0.25) is 4.79 Å². The number of hydrogen-bond donors (Lipinski definition) is 2. The molecule has 0 radical (unpaired) electrons. The van der Waals surface area contributed by atoms with Gasteiger partial charge in [0.25, 0.3) is 5.91 Å². The molecule has 0 aliphatic heterocycles. The zero-order valence-electron chi connectivity index (χ0n) is 15.7. The van der Waals surface area contributed by atoms with E-state index in [2.05, 4.69) is 17.0 Å². The van der Waals surface area contributed by atoms with E-state index in [-0.39, 0.29) is 16.8 Å². The summed E-state index contributed by atoms with van der Waals surface area (Å²) >= 11 is 0. The molecule has 0 heterocycles. The summed E-state index contributed by atoms with van der Waals surface area (Å²) in [7, 11) is -3.57. The minimum Gasteiger partial charge on any atom is -0.350 e. The monoisotopic (exact) mass is 368 g/mol. The molecule has 142 valence electrons. The molecule has 0 aromatic heterocycles. The lowest BCUT2D eigenvalue weighted by Crippen LogP contribution is -2.32. The number of carbonyl (C=O) groups excluding carboxylic acids is 1. The predicted molar refractivity (Wildman–Crippen MR) is 102 cm³/mol. The van der Waals surface area contributed by atoms with E-state index < -0.39 is 10.0 Å². The fourth-order valence-corrected chi connectivity index (χ4v) is 3.65. The van der Waals surface area contributed by atoms with E-state index in [1.165, 1.54) is 31.4 Å². The van der Waals surface area contributed by atoms with E-state index in [4.69, 9.17) is 0 Å². The summed E-state index contributed by atoms with van der Waals surface area (Å²) in [6, 6.07) is 6.28. The van der Waals surface area contributed by atoms with Gasteiger partial charge in [-0.15, -0.1) is 0 Å². The van der Waals surface area contributed by atoms with Crippen molar-refractivity contribution in [1.29, 1.82) is 0 Å². The van der Waals surface area contributed by atoms with Gasteiger partial charge in [0.2, 0.25) is 10.0 Å². The lowest BCUT2D eigenvalue weighted by atomic mass is 10.1. The molecular formula is C19H32N2O3S. The number of sulfonamides is 1. The lowest BCUT2D eigenvalue weighted by Gasteiger charge is -2.14. The first-order valence-corrected chi connectivity index (χ1v) is 10.8. The van der Waals surface area contributed by atoms with Crippen LogP contribution in [0, 0.1) is 0 Å². The molecule has 0 aliphatic rings. The Morgan fingerprint density at radius 2 is 1.80 bits per heavy atom. The second-order valence-corrected chi connectivity index (χ2v) is 8.27. The van der Waals surface area contributed by atoms with E-state index in [0.29, 0.717) is 12.1 Å². The number of amides is 1. The second kappa shape index (κ2) is 11.3. The highest BCUT2D eigenvalue weighted by Gasteiger charge is 2.16. The van der Waals surface area contributed by atoms with Gasteiger partial charge in [-0.2, -0.15) is 0 Å². The third kappa shape index (κ3) is 8.01. The first-order chi connectivity index (χ1) is 11.9. The van der Waals surface area contributed by atoms with Gasteiger partial charge < -0.3 is 5.32 Å². The summed E-state index contributed by atoms with van der Waals surface area (Å²) < 4.78 is 27.1.